The molecule has 0 aliphatic heterocycles. The molecule has 0 bridgehead atoms. The zero-order valence-corrected chi connectivity index (χ0v) is 11.7. The second-order valence-corrected chi connectivity index (χ2v) is 4.31. The number of aliphatic carboxylic acids is 1. The minimum Gasteiger partial charge on any atom is -0.480 e. The first kappa shape index (κ1) is 16.5. The SMILES string of the molecule is COC(=O)CCNC(=O)N[C@H](Cc1ccccc1)C(=O)O. The molecule has 0 spiro atoms. The van der Waals surface area contributed by atoms with E-state index in [9.17, 15) is 14.4 Å². The molecule has 0 heterocycles. The van der Waals surface area contributed by atoms with Crippen LogP contribution in [-0.2, 0) is 20.7 Å². The summed E-state index contributed by atoms with van der Waals surface area (Å²) in [5, 5.41) is 13.9. The Kier molecular flexibility index (Phi) is 6.73. The Labute approximate surface area is 122 Å². The molecule has 114 valence electrons. The lowest BCUT2D eigenvalue weighted by Gasteiger charge is -2.15. The van der Waals surface area contributed by atoms with Gasteiger partial charge in [-0.2, -0.15) is 0 Å². The van der Waals surface area contributed by atoms with Gasteiger partial charge in [0.25, 0.3) is 0 Å². The first-order chi connectivity index (χ1) is 10.0. The number of hydrogen-bond donors (Lipinski definition) is 3. The van der Waals surface area contributed by atoms with Gasteiger partial charge in [0.2, 0.25) is 0 Å². The summed E-state index contributed by atoms with van der Waals surface area (Å²) in [6.07, 6.45) is 0.209. The van der Waals surface area contributed by atoms with E-state index in [4.69, 9.17) is 5.11 Å². The number of benzene rings is 1. The van der Waals surface area contributed by atoms with Crippen molar-refractivity contribution in [3.63, 3.8) is 0 Å². The number of esters is 1. The van der Waals surface area contributed by atoms with E-state index in [1.54, 1.807) is 24.3 Å². The maximum atomic E-state index is 11.6. The normalized spacial score (nSPS) is 11.3. The zero-order chi connectivity index (χ0) is 15.7. The first-order valence-corrected chi connectivity index (χ1v) is 6.41. The number of urea groups is 1. The summed E-state index contributed by atoms with van der Waals surface area (Å²) >= 11 is 0. The van der Waals surface area contributed by atoms with Gasteiger partial charge in [0, 0.05) is 13.0 Å². The molecule has 1 atom stereocenters. The summed E-state index contributed by atoms with van der Waals surface area (Å²) in [4.78, 5) is 33.6. The van der Waals surface area contributed by atoms with Gasteiger partial charge in [-0.1, -0.05) is 30.3 Å². The van der Waals surface area contributed by atoms with Crippen LogP contribution in [0.25, 0.3) is 0 Å². The number of carbonyl (C=O) groups excluding carboxylic acids is 2. The predicted molar refractivity (Wildman–Crippen MR) is 74.7 cm³/mol. The fourth-order valence-corrected chi connectivity index (χ4v) is 1.64. The molecule has 0 saturated carbocycles. The average molecular weight is 294 g/mol. The van der Waals surface area contributed by atoms with E-state index in [0.717, 1.165) is 5.56 Å². The largest absolute Gasteiger partial charge is 0.480 e. The zero-order valence-electron chi connectivity index (χ0n) is 11.7. The molecule has 1 aromatic carbocycles. The van der Waals surface area contributed by atoms with Crippen LogP contribution in [0.1, 0.15) is 12.0 Å². The van der Waals surface area contributed by atoms with E-state index in [2.05, 4.69) is 15.4 Å². The molecule has 0 aliphatic rings. The molecule has 0 unspecified atom stereocenters. The van der Waals surface area contributed by atoms with Gasteiger partial charge >= 0.3 is 18.0 Å². The monoisotopic (exact) mass is 294 g/mol. The maximum absolute atomic E-state index is 11.6. The molecular weight excluding hydrogens is 276 g/mol. The fourth-order valence-electron chi connectivity index (χ4n) is 1.64. The van der Waals surface area contributed by atoms with Crippen molar-refractivity contribution in [3.8, 4) is 0 Å². The number of rotatable bonds is 7. The molecule has 0 saturated heterocycles. The van der Waals surface area contributed by atoms with Crippen LogP contribution in [0.4, 0.5) is 4.79 Å². The lowest BCUT2D eigenvalue weighted by atomic mass is 10.1. The maximum Gasteiger partial charge on any atom is 0.326 e. The summed E-state index contributed by atoms with van der Waals surface area (Å²) in [5.74, 6) is -1.57. The van der Waals surface area contributed by atoms with Gasteiger partial charge in [0.05, 0.1) is 13.5 Å². The first-order valence-electron chi connectivity index (χ1n) is 6.41. The third kappa shape index (κ3) is 6.42. The van der Waals surface area contributed by atoms with Gasteiger partial charge in [-0.15, -0.1) is 0 Å². The van der Waals surface area contributed by atoms with E-state index >= 15 is 0 Å². The number of nitrogens with one attached hydrogen (secondary N) is 2. The Bertz CT molecular complexity index is 489. The highest BCUT2D eigenvalue weighted by atomic mass is 16.5. The topological polar surface area (TPSA) is 105 Å². The van der Waals surface area contributed by atoms with Crippen LogP contribution in [0.5, 0.6) is 0 Å². The summed E-state index contributed by atoms with van der Waals surface area (Å²) in [6.45, 7) is 0.0795. The molecule has 7 nitrogen and oxygen atoms in total. The van der Waals surface area contributed by atoms with Crippen LogP contribution in [0.3, 0.4) is 0 Å². The van der Waals surface area contributed by atoms with Crippen LogP contribution in [0, 0.1) is 0 Å². The van der Waals surface area contributed by atoms with Crippen molar-refractivity contribution in [3.05, 3.63) is 35.9 Å². The molecule has 1 rings (SSSR count). The summed E-state index contributed by atoms with van der Waals surface area (Å²) in [6, 6.07) is 7.31. The van der Waals surface area contributed by atoms with Gasteiger partial charge in [0.1, 0.15) is 6.04 Å². The summed E-state index contributed by atoms with van der Waals surface area (Å²) in [7, 11) is 1.25. The quantitative estimate of drug-likeness (QED) is 0.637. The second-order valence-electron chi connectivity index (χ2n) is 4.31. The van der Waals surface area contributed by atoms with Crippen molar-refractivity contribution in [2.75, 3.05) is 13.7 Å². The molecule has 0 aromatic heterocycles. The molecule has 2 amide bonds. The predicted octanol–water partition coefficient (Wildman–Crippen LogP) is 0.545. The third-order valence-electron chi connectivity index (χ3n) is 2.73. The van der Waals surface area contributed by atoms with E-state index in [-0.39, 0.29) is 19.4 Å². The van der Waals surface area contributed by atoms with E-state index < -0.39 is 24.0 Å². The highest BCUT2D eigenvalue weighted by Crippen LogP contribution is 2.03. The molecule has 3 N–H and O–H groups in total. The third-order valence-corrected chi connectivity index (χ3v) is 2.73. The lowest BCUT2D eigenvalue weighted by molar-refractivity contribution is -0.141. The Hall–Kier alpha value is -2.57. The number of carboxylic acids is 1. The Balaban J connectivity index is 2.45. The van der Waals surface area contributed by atoms with E-state index in [0.29, 0.717) is 0 Å². The molecule has 1 aromatic rings. The number of ether oxygens (including phenoxy) is 1. The molecule has 7 heteroatoms. The van der Waals surface area contributed by atoms with Crippen molar-refractivity contribution in [1.82, 2.24) is 10.6 Å². The highest BCUT2D eigenvalue weighted by Gasteiger charge is 2.20. The average Bonchev–Trinajstić information content (AvgIpc) is 2.47. The van der Waals surface area contributed by atoms with Crippen molar-refractivity contribution >= 4 is 18.0 Å². The van der Waals surface area contributed by atoms with Gasteiger partial charge < -0.3 is 20.5 Å². The van der Waals surface area contributed by atoms with Gasteiger partial charge in [-0.3, -0.25) is 4.79 Å². The van der Waals surface area contributed by atoms with Crippen molar-refractivity contribution in [2.24, 2.45) is 0 Å². The summed E-state index contributed by atoms with van der Waals surface area (Å²) in [5.41, 5.74) is 0.805. The number of methoxy groups -OCH3 is 1. The van der Waals surface area contributed by atoms with Crippen molar-refractivity contribution in [1.29, 1.82) is 0 Å². The molecule has 0 fully saturated rings. The van der Waals surface area contributed by atoms with Crippen molar-refractivity contribution in [2.45, 2.75) is 18.9 Å². The Morgan fingerprint density at radius 3 is 2.48 bits per heavy atom. The minimum absolute atomic E-state index is 0.0281. The van der Waals surface area contributed by atoms with Crippen LogP contribution >= 0.6 is 0 Å². The molecule has 0 aliphatic carbocycles. The van der Waals surface area contributed by atoms with E-state index in [1.807, 2.05) is 6.07 Å². The molecule has 21 heavy (non-hydrogen) atoms. The van der Waals surface area contributed by atoms with Gasteiger partial charge in [0.15, 0.2) is 0 Å². The smallest absolute Gasteiger partial charge is 0.326 e. The van der Waals surface area contributed by atoms with Crippen LogP contribution in [-0.4, -0.2) is 42.8 Å². The number of hydrogen-bond acceptors (Lipinski definition) is 4. The number of carbonyl (C=O) groups is 3. The lowest BCUT2D eigenvalue weighted by Crippen LogP contribution is -2.47. The Morgan fingerprint density at radius 2 is 1.90 bits per heavy atom. The summed E-state index contributed by atoms with van der Waals surface area (Å²) < 4.78 is 4.43. The van der Waals surface area contributed by atoms with Crippen LogP contribution < -0.4 is 10.6 Å². The number of amides is 2. The standard InChI is InChI=1S/C14H18N2O5/c1-21-12(17)7-8-15-14(20)16-11(13(18)19)9-10-5-3-2-4-6-10/h2-6,11H,7-9H2,1H3,(H,18,19)(H2,15,16,20)/t11-/m1/s1. The molecular formula is C14H18N2O5. The van der Waals surface area contributed by atoms with Gasteiger partial charge in [-0.05, 0) is 5.56 Å². The second kappa shape index (κ2) is 8.57. The fraction of sp³-hybridized carbons (Fsp3) is 0.357. The van der Waals surface area contributed by atoms with Crippen LogP contribution in [0.15, 0.2) is 30.3 Å². The number of carboxylic acid groups (broad SMARTS) is 1. The highest BCUT2D eigenvalue weighted by molar-refractivity contribution is 5.83. The Morgan fingerprint density at radius 1 is 1.24 bits per heavy atom. The van der Waals surface area contributed by atoms with Crippen molar-refractivity contribution < 1.29 is 24.2 Å². The minimum atomic E-state index is -1.12. The molecule has 0 radical (unpaired) electrons. The van der Waals surface area contributed by atoms with Crippen LogP contribution in [0.2, 0.25) is 0 Å². The van der Waals surface area contributed by atoms with E-state index in [1.165, 1.54) is 7.11 Å². The van der Waals surface area contributed by atoms with Gasteiger partial charge in [-0.25, -0.2) is 9.59 Å².